The molecule has 0 fully saturated rings. The van der Waals surface area contributed by atoms with E-state index >= 15 is 0 Å². The van der Waals surface area contributed by atoms with Gasteiger partial charge in [-0.25, -0.2) is 0 Å². The van der Waals surface area contributed by atoms with Gasteiger partial charge < -0.3 is 15.2 Å². The second-order valence-electron chi connectivity index (χ2n) is 5.59. The molecule has 0 aliphatic carbocycles. The number of carbonyl (C=O) groups is 1. The lowest BCUT2D eigenvalue weighted by atomic mass is 10.1. The van der Waals surface area contributed by atoms with Crippen molar-refractivity contribution in [2.45, 2.75) is 13.5 Å². The molecule has 0 heterocycles. The number of nitriles is 1. The minimum absolute atomic E-state index is 0.00616. The first-order valence-corrected chi connectivity index (χ1v) is 8.03. The van der Waals surface area contributed by atoms with Gasteiger partial charge in [-0.05, 0) is 36.3 Å². The topological polar surface area (TPSA) is 82.3 Å². The SMILES string of the molecule is COc1c(C)cccc1CNC(=O)/C(C#N)=C/C=C/c1ccc(O)cc1. The zero-order valence-corrected chi connectivity index (χ0v) is 14.7. The van der Waals surface area contributed by atoms with Gasteiger partial charge in [-0.15, -0.1) is 0 Å². The molecule has 5 nitrogen and oxygen atoms in total. The highest BCUT2D eigenvalue weighted by molar-refractivity contribution is 5.97. The molecule has 2 aromatic rings. The number of carbonyl (C=O) groups excluding carboxylic acids is 1. The van der Waals surface area contributed by atoms with Crippen molar-refractivity contribution in [1.82, 2.24) is 5.32 Å². The van der Waals surface area contributed by atoms with Gasteiger partial charge in [0.05, 0.1) is 7.11 Å². The van der Waals surface area contributed by atoms with E-state index in [0.29, 0.717) is 0 Å². The lowest BCUT2D eigenvalue weighted by Gasteiger charge is -2.11. The summed E-state index contributed by atoms with van der Waals surface area (Å²) in [5, 5.41) is 21.2. The Hall–Kier alpha value is -3.52. The number of aryl methyl sites for hydroxylation is 1. The van der Waals surface area contributed by atoms with Gasteiger partial charge in [-0.1, -0.05) is 42.5 Å². The van der Waals surface area contributed by atoms with E-state index in [4.69, 9.17) is 4.74 Å². The molecule has 132 valence electrons. The van der Waals surface area contributed by atoms with Crippen LogP contribution in [0.2, 0.25) is 0 Å². The monoisotopic (exact) mass is 348 g/mol. The second kappa shape index (κ2) is 9.09. The van der Waals surface area contributed by atoms with Gasteiger partial charge in [0.25, 0.3) is 5.91 Å². The van der Waals surface area contributed by atoms with Crippen LogP contribution in [0.4, 0.5) is 0 Å². The smallest absolute Gasteiger partial charge is 0.262 e. The number of hydrogen-bond acceptors (Lipinski definition) is 4. The number of amides is 1. The van der Waals surface area contributed by atoms with Gasteiger partial charge in [0.15, 0.2) is 0 Å². The minimum Gasteiger partial charge on any atom is -0.508 e. The van der Waals surface area contributed by atoms with E-state index < -0.39 is 5.91 Å². The van der Waals surface area contributed by atoms with Crippen molar-refractivity contribution in [3.05, 3.63) is 76.9 Å². The van der Waals surface area contributed by atoms with Crippen molar-refractivity contribution in [2.24, 2.45) is 0 Å². The highest BCUT2D eigenvalue weighted by atomic mass is 16.5. The fourth-order valence-corrected chi connectivity index (χ4v) is 2.42. The van der Waals surface area contributed by atoms with E-state index in [0.717, 1.165) is 22.4 Å². The van der Waals surface area contributed by atoms with Gasteiger partial charge in [0.1, 0.15) is 23.1 Å². The summed E-state index contributed by atoms with van der Waals surface area (Å²) in [5.74, 6) is 0.454. The van der Waals surface area contributed by atoms with Crippen LogP contribution in [0.25, 0.3) is 6.08 Å². The molecule has 0 saturated carbocycles. The molecule has 2 aromatic carbocycles. The van der Waals surface area contributed by atoms with Crippen LogP contribution < -0.4 is 10.1 Å². The van der Waals surface area contributed by atoms with Gasteiger partial charge in [-0.3, -0.25) is 4.79 Å². The number of phenolic OH excluding ortho intramolecular Hbond substituents is 1. The fraction of sp³-hybridized carbons (Fsp3) is 0.143. The Bertz CT molecular complexity index is 875. The molecular weight excluding hydrogens is 328 g/mol. The zero-order valence-electron chi connectivity index (χ0n) is 14.7. The molecule has 2 rings (SSSR count). The first kappa shape index (κ1) is 18.8. The molecule has 26 heavy (non-hydrogen) atoms. The average Bonchev–Trinajstić information content (AvgIpc) is 2.65. The predicted molar refractivity (Wildman–Crippen MR) is 100 cm³/mol. The molecule has 0 aliphatic rings. The molecule has 0 radical (unpaired) electrons. The summed E-state index contributed by atoms with van der Waals surface area (Å²) in [6.45, 7) is 2.20. The molecule has 1 amide bonds. The van der Waals surface area contributed by atoms with E-state index in [1.165, 1.54) is 6.08 Å². The summed E-state index contributed by atoms with van der Waals surface area (Å²) in [4.78, 5) is 12.2. The Kier molecular flexibility index (Phi) is 6.58. The number of rotatable bonds is 6. The number of phenols is 1. The molecule has 0 spiro atoms. The van der Waals surface area contributed by atoms with Gasteiger partial charge >= 0.3 is 0 Å². The molecule has 0 saturated heterocycles. The van der Waals surface area contributed by atoms with E-state index in [2.05, 4.69) is 5.32 Å². The maximum absolute atomic E-state index is 12.2. The number of nitrogens with one attached hydrogen (secondary N) is 1. The van der Waals surface area contributed by atoms with Crippen molar-refractivity contribution in [1.29, 1.82) is 5.26 Å². The van der Waals surface area contributed by atoms with E-state index in [1.54, 1.807) is 43.5 Å². The lowest BCUT2D eigenvalue weighted by molar-refractivity contribution is -0.117. The first-order chi connectivity index (χ1) is 12.5. The number of allylic oxidation sites excluding steroid dienone is 2. The van der Waals surface area contributed by atoms with Gasteiger partial charge in [-0.2, -0.15) is 5.26 Å². The Balaban J connectivity index is 2.03. The summed E-state index contributed by atoms with van der Waals surface area (Å²) >= 11 is 0. The number of ether oxygens (including phenoxy) is 1. The van der Waals surface area contributed by atoms with Crippen LogP contribution in [0.5, 0.6) is 11.5 Å². The molecule has 0 unspecified atom stereocenters. The highest BCUT2D eigenvalue weighted by Crippen LogP contribution is 2.22. The van der Waals surface area contributed by atoms with E-state index in [1.807, 2.05) is 31.2 Å². The highest BCUT2D eigenvalue weighted by Gasteiger charge is 2.10. The molecule has 0 bridgehead atoms. The Morgan fingerprint density at radius 1 is 1.27 bits per heavy atom. The van der Waals surface area contributed by atoms with Crippen LogP contribution in [-0.4, -0.2) is 18.1 Å². The van der Waals surface area contributed by atoms with Crippen LogP contribution in [-0.2, 0) is 11.3 Å². The van der Waals surface area contributed by atoms with Crippen molar-refractivity contribution < 1.29 is 14.6 Å². The van der Waals surface area contributed by atoms with Crippen LogP contribution in [0.1, 0.15) is 16.7 Å². The van der Waals surface area contributed by atoms with Gasteiger partial charge in [0.2, 0.25) is 0 Å². The van der Waals surface area contributed by atoms with Crippen molar-refractivity contribution in [3.8, 4) is 17.6 Å². The lowest BCUT2D eigenvalue weighted by Crippen LogP contribution is -2.24. The van der Waals surface area contributed by atoms with Crippen LogP contribution in [0.15, 0.2) is 60.2 Å². The van der Waals surface area contributed by atoms with Crippen LogP contribution >= 0.6 is 0 Å². The Morgan fingerprint density at radius 2 is 2.00 bits per heavy atom. The third-order valence-electron chi connectivity index (χ3n) is 3.75. The summed E-state index contributed by atoms with van der Waals surface area (Å²) in [7, 11) is 1.59. The maximum atomic E-state index is 12.2. The molecule has 5 heteroatoms. The molecule has 0 aliphatic heterocycles. The number of aromatic hydroxyl groups is 1. The van der Waals surface area contributed by atoms with E-state index in [-0.39, 0.29) is 17.9 Å². The average molecular weight is 348 g/mol. The normalized spacial score (nSPS) is 11.2. The summed E-state index contributed by atoms with van der Waals surface area (Å²) in [6.07, 6.45) is 4.82. The standard InChI is InChI=1S/C21H20N2O3/c1-15-5-3-8-18(20(15)26-2)14-23-21(25)17(13-22)7-4-6-16-9-11-19(24)12-10-16/h3-12,24H,14H2,1-2H3,(H,23,25)/b6-4+,17-7+. The molecular formula is C21H20N2O3. The second-order valence-corrected chi connectivity index (χ2v) is 5.59. The number of methoxy groups -OCH3 is 1. The third-order valence-corrected chi connectivity index (χ3v) is 3.75. The zero-order chi connectivity index (χ0) is 18.9. The molecule has 2 N–H and O–H groups in total. The van der Waals surface area contributed by atoms with E-state index in [9.17, 15) is 15.2 Å². The third kappa shape index (κ3) is 4.99. The number of benzene rings is 2. The molecule has 0 atom stereocenters. The summed E-state index contributed by atoms with van der Waals surface area (Å²) < 4.78 is 5.36. The minimum atomic E-state index is -0.452. The van der Waals surface area contributed by atoms with Crippen molar-refractivity contribution >= 4 is 12.0 Å². The fourth-order valence-electron chi connectivity index (χ4n) is 2.42. The first-order valence-electron chi connectivity index (χ1n) is 8.03. The largest absolute Gasteiger partial charge is 0.508 e. The van der Waals surface area contributed by atoms with Crippen LogP contribution in [0, 0.1) is 18.3 Å². The van der Waals surface area contributed by atoms with Crippen LogP contribution in [0.3, 0.4) is 0 Å². The van der Waals surface area contributed by atoms with Crippen molar-refractivity contribution in [2.75, 3.05) is 7.11 Å². The summed E-state index contributed by atoms with van der Waals surface area (Å²) in [6, 6.07) is 14.2. The number of hydrogen-bond donors (Lipinski definition) is 2. The van der Waals surface area contributed by atoms with Gasteiger partial charge in [0, 0.05) is 12.1 Å². The van der Waals surface area contributed by atoms with Crippen molar-refractivity contribution in [3.63, 3.8) is 0 Å². The summed E-state index contributed by atoms with van der Waals surface area (Å²) in [5.41, 5.74) is 2.68. The quantitative estimate of drug-likeness (QED) is 0.476. The number of nitrogens with zero attached hydrogens (tertiary/aromatic N) is 1. The predicted octanol–water partition coefficient (Wildman–Crippen LogP) is 3.49. The molecule has 0 aromatic heterocycles. The number of para-hydroxylation sites is 1. The Labute approximate surface area is 152 Å². The Morgan fingerprint density at radius 3 is 2.65 bits per heavy atom. The maximum Gasteiger partial charge on any atom is 0.262 e.